The van der Waals surface area contributed by atoms with E-state index in [4.69, 9.17) is 0 Å². The Balaban J connectivity index is 1.82. The van der Waals surface area contributed by atoms with Crippen LogP contribution in [0.1, 0.15) is 12.8 Å². The number of halogens is 1. The molecule has 0 fully saturated rings. The van der Waals surface area contributed by atoms with Crippen molar-refractivity contribution in [2.75, 3.05) is 37.8 Å². The van der Waals surface area contributed by atoms with Crippen LogP contribution in [0.15, 0.2) is 47.4 Å². The third-order valence-corrected chi connectivity index (χ3v) is 7.62. The molecule has 0 aliphatic heterocycles. The summed E-state index contributed by atoms with van der Waals surface area (Å²) in [4.78, 5) is 31.4. The number of non-ortho nitro benzene ring substituents is 1. The van der Waals surface area contributed by atoms with Crippen LogP contribution in [0.5, 0.6) is 0 Å². The third kappa shape index (κ3) is 6.30. The highest BCUT2D eigenvalue weighted by molar-refractivity contribution is 7.91. The van der Waals surface area contributed by atoms with Gasteiger partial charge in [-0.3, -0.25) is 19.8 Å². The number of thiazole rings is 1. The lowest BCUT2D eigenvalue weighted by Crippen LogP contribution is -2.34. The number of carbonyl (C=O) groups is 1. The lowest BCUT2D eigenvalue weighted by molar-refractivity contribution is -0.384. The molecule has 1 heterocycles. The highest BCUT2D eigenvalue weighted by Crippen LogP contribution is 2.32. The van der Waals surface area contributed by atoms with Crippen molar-refractivity contribution < 1.29 is 22.5 Å². The summed E-state index contributed by atoms with van der Waals surface area (Å²) in [5.41, 5.74) is 0.443. The van der Waals surface area contributed by atoms with Crippen molar-refractivity contribution in [1.29, 1.82) is 0 Å². The molecule has 0 saturated heterocycles. The Hall–Kier alpha value is -2.96. The van der Waals surface area contributed by atoms with Crippen molar-refractivity contribution in [3.05, 3.63) is 58.4 Å². The van der Waals surface area contributed by atoms with Gasteiger partial charge in [-0.2, -0.15) is 0 Å². The lowest BCUT2D eigenvalue weighted by Gasteiger charge is -2.21. The molecule has 1 amide bonds. The van der Waals surface area contributed by atoms with Gasteiger partial charge in [-0.1, -0.05) is 11.3 Å². The predicted molar refractivity (Wildman–Crippen MR) is 125 cm³/mol. The Bertz CT molecular complexity index is 1260. The van der Waals surface area contributed by atoms with Crippen molar-refractivity contribution in [3.8, 4) is 0 Å². The van der Waals surface area contributed by atoms with Crippen molar-refractivity contribution in [2.45, 2.75) is 17.7 Å². The first-order valence-corrected chi connectivity index (χ1v) is 12.5. The van der Waals surface area contributed by atoms with Crippen molar-refractivity contribution in [2.24, 2.45) is 0 Å². The van der Waals surface area contributed by atoms with E-state index in [1.165, 1.54) is 35.2 Å². The molecule has 1 aromatic heterocycles. The molecule has 0 aliphatic carbocycles. The van der Waals surface area contributed by atoms with Gasteiger partial charge < -0.3 is 4.90 Å². The molecular formula is C21H23FN4O5S2. The average molecular weight is 495 g/mol. The number of nitro groups is 1. The number of hydrogen-bond acceptors (Lipinski definition) is 8. The molecule has 0 atom stereocenters. The zero-order chi connectivity index (χ0) is 24.2. The molecule has 0 N–H and O–H groups in total. The zero-order valence-corrected chi connectivity index (χ0v) is 19.7. The van der Waals surface area contributed by atoms with Crippen LogP contribution in [0, 0.1) is 15.9 Å². The predicted octanol–water partition coefficient (Wildman–Crippen LogP) is 3.49. The minimum Gasteiger partial charge on any atom is -0.309 e. The second-order valence-electron chi connectivity index (χ2n) is 7.63. The second kappa shape index (κ2) is 10.3. The molecule has 3 rings (SSSR count). The van der Waals surface area contributed by atoms with Crippen LogP contribution in [-0.4, -0.2) is 62.1 Å². The maximum Gasteiger partial charge on any atom is 0.270 e. The van der Waals surface area contributed by atoms with Crippen LogP contribution in [0.2, 0.25) is 0 Å². The van der Waals surface area contributed by atoms with Gasteiger partial charge in [-0.15, -0.1) is 0 Å². The Morgan fingerprint density at radius 1 is 1.15 bits per heavy atom. The van der Waals surface area contributed by atoms with Gasteiger partial charge in [0.25, 0.3) is 5.69 Å². The molecule has 9 nitrogen and oxygen atoms in total. The van der Waals surface area contributed by atoms with E-state index >= 15 is 0 Å². The van der Waals surface area contributed by atoms with Crippen LogP contribution >= 0.6 is 11.3 Å². The maximum absolute atomic E-state index is 13.1. The topological polar surface area (TPSA) is 114 Å². The number of nitrogens with zero attached hydrogens (tertiary/aromatic N) is 4. The number of aromatic nitrogens is 1. The molecule has 0 unspecified atom stereocenters. The second-order valence-corrected chi connectivity index (χ2v) is 10.7. The Morgan fingerprint density at radius 3 is 2.48 bits per heavy atom. The Labute approximate surface area is 194 Å². The number of nitro benzene ring substituents is 1. The third-order valence-electron chi connectivity index (χ3n) is 4.85. The summed E-state index contributed by atoms with van der Waals surface area (Å²) in [6.45, 7) is 1.02. The van der Waals surface area contributed by atoms with E-state index < -0.39 is 32.2 Å². The molecule has 12 heteroatoms. The van der Waals surface area contributed by atoms with Gasteiger partial charge >= 0.3 is 0 Å². The van der Waals surface area contributed by atoms with Crippen LogP contribution in [-0.2, 0) is 14.6 Å². The minimum absolute atomic E-state index is 0.0526. The summed E-state index contributed by atoms with van der Waals surface area (Å²) in [6.07, 6.45) is 0.345. The zero-order valence-electron chi connectivity index (χ0n) is 18.1. The summed E-state index contributed by atoms with van der Waals surface area (Å²) >= 11 is 1.14. The fraction of sp³-hybridized carbons (Fsp3) is 0.333. The largest absolute Gasteiger partial charge is 0.309 e. The summed E-state index contributed by atoms with van der Waals surface area (Å²) in [5, 5.41) is 11.4. The number of sulfone groups is 1. The van der Waals surface area contributed by atoms with E-state index in [0.29, 0.717) is 34.9 Å². The van der Waals surface area contributed by atoms with Gasteiger partial charge in [0.2, 0.25) is 5.91 Å². The van der Waals surface area contributed by atoms with Crippen molar-refractivity contribution >= 4 is 48.1 Å². The number of benzene rings is 2. The monoisotopic (exact) mass is 494 g/mol. The highest BCUT2D eigenvalue weighted by atomic mass is 32.2. The number of fused-ring (bicyclic) bond motifs is 1. The maximum atomic E-state index is 13.1. The molecule has 0 saturated carbocycles. The normalized spacial score (nSPS) is 11.8. The number of amides is 1. The number of anilines is 1. The summed E-state index contributed by atoms with van der Waals surface area (Å²) in [7, 11) is 0.0262. The number of hydrogen-bond donors (Lipinski definition) is 0. The molecule has 176 valence electrons. The Kier molecular flexibility index (Phi) is 7.72. The fourth-order valence-corrected chi connectivity index (χ4v) is 5.39. The van der Waals surface area contributed by atoms with E-state index in [1.807, 2.05) is 19.0 Å². The SMILES string of the molecule is CN(C)CCCN(C(=O)CCS(=O)(=O)c1ccc(F)cc1)c1nc2ccc([N+](=O)[O-])cc2s1. The van der Waals surface area contributed by atoms with Gasteiger partial charge in [-0.25, -0.2) is 17.8 Å². The summed E-state index contributed by atoms with van der Waals surface area (Å²) < 4.78 is 38.8. The fourth-order valence-electron chi connectivity index (χ4n) is 3.12. The number of carbonyl (C=O) groups excluding carboxylic acids is 1. The van der Waals surface area contributed by atoms with Gasteiger partial charge in [-0.05, 0) is 57.4 Å². The van der Waals surface area contributed by atoms with Crippen LogP contribution in [0.25, 0.3) is 10.2 Å². The lowest BCUT2D eigenvalue weighted by atomic mass is 10.3. The van der Waals surface area contributed by atoms with Gasteiger partial charge in [0.05, 0.1) is 25.8 Å². The van der Waals surface area contributed by atoms with E-state index in [-0.39, 0.29) is 17.0 Å². The van der Waals surface area contributed by atoms with E-state index in [9.17, 15) is 27.7 Å². The van der Waals surface area contributed by atoms with Crippen molar-refractivity contribution in [1.82, 2.24) is 9.88 Å². The molecule has 3 aromatic rings. The first kappa shape index (κ1) is 24.7. The van der Waals surface area contributed by atoms with Crippen LogP contribution in [0.3, 0.4) is 0 Å². The molecule has 0 bridgehead atoms. The van der Waals surface area contributed by atoms with E-state index in [0.717, 1.165) is 23.5 Å². The summed E-state index contributed by atoms with van der Waals surface area (Å²) in [5.74, 6) is -1.40. The summed E-state index contributed by atoms with van der Waals surface area (Å²) in [6, 6.07) is 8.73. The Morgan fingerprint density at radius 2 is 1.85 bits per heavy atom. The molecule has 0 aliphatic rings. The van der Waals surface area contributed by atoms with Crippen molar-refractivity contribution in [3.63, 3.8) is 0 Å². The quantitative estimate of drug-likeness (QED) is 0.241. The van der Waals surface area contributed by atoms with Gasteiger partial charge in [0, 0.05) is 25.1 Å². The number of rotatable bonds is 10. The molecule has 2 aromatic carbocycles. The highest BCUT2D eigenvalue weighted by Gasteiger charge is 2.23. The first-order chi connectivity index (χ1) is 15.6. The molecular weight excluding hydrogens is 471 g/mol. The van der Waals surface area contributed by atoms with Crippen LogP contribution in [0.4, 0.5) is 15.2 Å². The van der Waals surface area contributed by atoms with E-state index in [1.54, 1.807) is 0 Å². The molecule has 33 heavy (non-hydrogen) atoms. The van der Waals surface area contributed by atoms with E-state index in [2.05, 4.69) is 4.98 Å². The molecule has 0 spiro atoms. The standard InChI is InChI=1S/C21H23FN4O5S2/c1-24(2)11-3-12-25(21-23-18-9-6-16(26(28)29)14-19(18)32-21)20(27)10-13-33(30,31)17-7-4-15(22)5-8-17/h4-9,14H,3,10-13H2,1-2H3. The van der Waals surface area contributed by atoms with Crippen LogP contribution < -0.4 is 4.90 Å². The average Bonchev–Trinajstić information content (AvgIpc) is 3.18. The smallest absolute Gasteiger partial charge is 0.270 e. The molecule has 0 radical (unpaired) electrons. The van der Waals surface area contributed by atoms with Gasteiger partial charge in [0.15, 0.2) is 15.0 Å². The first-order valence-electron chi connectivity index (χ1n) is 10.1. The van der Waals surface area contributed by atoms with Gasteiger partial charge in [0.1, 0.15) is 5.82 Å². The minimum atomic E-state index is -3.78.